The Morgan fingerprint density at radius 1 is 0.867 bits per heavy atom. The Morgan fingerprint density at radius 2 is 1.47 bits per heavy atom. The zero-order valence-corrected chi connectivity index (χ0v) is 12.0. The summed E-state index contributed by atoms with van der Waals surface area (Å²) in [7, 11) is 2.37. The molecule has 0 atom stereocenters. The SMILES string of the molecule is CCCCCCCSC[N+](C)(CC)CC. The normalized spacial score (nSPS) is 12.0. The Bertz CT molecular complexity index is 132. The molecule has 0 saturated heterocycles. The van der Waals surface area contributed by atoms with E-state index in [4.69, 9.17) is 0 Å². The van der Waals surface area contributed by atoms with Crippen LogP contribution in [0.3, 0.4) is 0 Å². The number of thioether (sulfide) groups is 1. The molecule has 0 rings (SSSR count). The minimum Gasteiger partial charge on any atom is -0.318 e. The fourth-order valence-electron chi connectivity index (χ4n) is 1.50. The molecule has 0 saturated carbocycles. The molecule has 2 heteroatoms. The van der Waals surface area contributed by atoms with Crippen LogP contribution < -0.4 is 0 Å². The molecule has 0 aliphatic rings. The minimum absolute atomic E-state index is 1.22. The Labute approximate surface area is 101 Å². The molecule has 0 aromatic carbocycles. The van der Waals surface area contributed by atoms with Crippen LogP contribution in [0.2, 0.25) is 0 Å². The summed E-state index contributed by atoms with van der Waals surface area (Å²) in [5, 5.41) is 0. The summed E-state index contributed by atoms with van der Waals surface area (Å²) in [5.74, 6) is 2.65. The zero-order chi connectivity index (χ0) is 11.6. The van der Waals surface area contributed by atoms with Gasteiger partial charge in [-0.05, 0) is 26.0 Å². The lowest BCUT2D eigenvalue weighted by Gasteiger charge is -2.31. The molecule has 0 N–H and O–H groups in total. The predicted octanol–water partition coefficient (Wildman–Crippen LogP) is 4.13. The van der Waals surface area contributed by atoms with Crippen LogP contribution in [-0.4, -0.2) is 36.2 Å². The van der Waals surface area contributed by atoms with Gasteiger partial charge in [-0.1, -0.05) is 32.6 Å². The van der Waals surface area contributed by atoms with Crippen molar-refractivity contribution >= 4 is 11.8 Å². The van der Waals surface area contributed by atoms with Crippen LogP contribution in [0.15, 0.2) is 0 Å². The van der Waals surface area contributed by atoms with Gasteiger partial charge in [-0.3, -0.25) is 0 Å². The molecule has 0 aromatic rings. The quantitative estimate of drug-likeness (QED) is 0.310. The fourth-order valence-corrected chi connectivity index (χ4v) is 2.84. The van der Waals surface area contributed by atoms with E-state index in [1.54, 1.807) is 0 Å². The molecule has 0 radical (unpaired) electrons. The van der Waals surface area contributed by atoms with Gasteiger partial charge in [-0.2, -0.15) is 0 Å². The monoisotopic (exact) mass is 232 g/mol. The molecule has 1 nitrogen and oxygen atoms in total. The number of quaternary nitrogens is 1. The Morgan fingerprint density at radius 3 is 2.00 bits per heavy atom. The van der Waals surface area contributed by atoms with Gasteiger partial charge in [-0.15, -0.1) is 11.8 Å². The van der Waals surface area contributed by atoms with Crippen molar-refractivity contribution in [3.63, 3.8) is 0 Å². The molecule has 0 fully saturated rings. The Balaban J connectivity index is 3.29. The third-order valence-corrected chi connectivity index (χ3v) is 4.71. The highest BCUT2D eigenvalue weighted by molar-refractivity contribution is 7.99. The van der Waals surface area contributed by atoms with Crippen LogP contribution in [0.25, 0.3) is 0 Å². The highest BCUT2D eigenvalue weighted by Gasteiger charge is 2.15. The first kappa shape index (κ1) is 15.3. The predicted molar refractivity (Wildman–Crippen MR) is 73.4 cm³/mol. The lowest BCUT2D eigenvalue weighted by atomic mass is 10.2. The second-order valence-corrected chi connectivity index (χ2v) is 5.78. The van der Waals surface area contributed by atoms with E-state index in [2.05, 4.69) is 39.6 Å². The van der Waals surface area contributed by atoms with Gasteiger partial charge in [0.2, 0.25) is 0 Å². The molecule has 0 unspecified atom stereocenters. The summed E-state index contributed by atoms with van der Waals surface area (Å²) in [5.41, 5.74) is 0. The third kappa shape index (κ3) is 8.15. The van der Waals surface area contributed by atoms with Crippen molar-refractivity contribution in [1.82, 2.24) is 0 Å². The molecule has 0 heterocycles. The van der Waals surface area contributed by atoms with E-state index in [0.717, 1.165) is 0 Å². The van der Waals surface area contributed by atoms with Gasteiger partial charge in [0, 0.05) is 0 Å². The number of rotatable bonds is 10. The lowest BCUT2D eigenvalue weighted by Crippen LogP contribution is -2.43. The van der Waals surface area contributed by atoms with Gasteiger partial charge in [0.1, 0.15) is 5.88 Å². The fraction of sp³-hybridized carbons (Fsp3) is 1.00. The maximum Gasteiger partial charge on any atom is 0.125 e. The van der Waals surface area contributed by atoms with Gasteiger partial charge in [0.15, 0.2) is 0 Å². The molecule has 0 amide bonds. The van der Waals surface area contributed by atoms with Crippen LogP contribution >= 0.6 is 11.8 Å². The van der Waals surface area contributed by atoms with Crippen molar-refractivity contribution < 1.29 is 4.48 Å². The van der Waals surface area contributed by atoms with E-state index in [9.17, 15) is 0 Å². The van der Waals surface area contributed by atoms with Gasteiger partial charge in [-0.25, -0.2) is 0 Å². The molecule has 0 aliphatic heterocycles. The molecule has 15 heavy (non-hydrogen) atoms. The van der Waals surface area contributed by atoms with Crippen LogP contribution in [0.4, 0.5) is 0 Å². The summed E-state index contributed by atoms with van der Waals surface area (Å²) in [6.07, 6.45) is 7.06. The van der Waals surface area contributed by atoms with Crippen LogP contribution in [0, 0.1) is 0 Å². The van der Waals surface area contributed by atoms with Crippen molar-refractivity contribution in [3.8, 4) is 0 Å². The van der Waals surface area contributed by atoms with Crippen molar-refractivity contribution in [1.29, 1.82) is 0 Å². The lowest BCUT2D eigenvalue weighted by molar-refractivity contribution is -0.893. The first-order chi connectivity index (χ1) is 7.18. The standard InChI is InChI=1S/C13H30NS/c1-5-8-9-10-11-12-15-13-14(4,6-2)7-3/h5-13H2,1-4H3/q+1. The summed E-state index contributed by atoms with van der Waals surface area (Å²) in [6, 6.07) is 0. The highest BCUT2D eigenvalue weighted by atomic mass is 32.2. The molecule has 0 aliphatic carbocycles. The second-order valence-electron chi connectivity index (χ2n) is 4.70. The number of unbranched alkanes of at least 4 members (excludes halogenated alkanes) is 4. The van der Waals surface area contributed by atoms with Crippen molar-refractivity contribution in [2.24, 2.45) is 0 Å². The first-order valence-electron chi connectivity index (χ1n) is 6.59. The second kappa shape index (κ2) is 9.53. The highest BCUT2D eigenvalue weighted by Crippen LogP contribution is 2.14. The topological polar surface area (TPSA) is 0 Å². The van der Waals surface area contributed by atoms with Crippen molar-refractivity contribution in [3.05, 3.63) is 0 Å². The van der Waals surface area contributed by atoms with E-state index < -0.39 is 0 Å². The van der Waals surface area contributed by atoms with E-state index in [-0.39, 0.29) is 0 Å². The maximum atomic E-state index is 2.37. The Hall–Kier alpha value is 0.310. The van der Waals surface area contributed by atoms with Gasteiger partial charge < -0.3 is 4.48 Å². The van der Waals surface area contributed by atoms with Crippen LogP contribution in [0.1, 0.15) is 52.9 Å². The molecular formula is C13H30NS+. The van der Waals surface area contributed by atoms with E-state index in [1.165, 1.54) is 61.3 Å². The largest absolute Gasteiger partial charge is 0.318 e. The van der Waals surface area contributed by atoms with Crippen molar-refractivity contribution in [2.75, 3.05) is 31.8 Å². The van der Waals surface area contributed by atoms with E-state index >= 15 is 0 Å². The van der Waals surface area contributed by atoms with Gasteiger partial charge in [0.25, 0.3) is 0 Å². The van der Waals surface area contributed by atoms with Crippen molar-refractivity contribution in [2.45, 2.75) is 52.9 Å². The molecule has 0 spiro atoms. The number of hydrogen-bond acceptors (Lipinski definition) is 1. The average Bonchev–Trinajstić information content (AvgIpc) is 2.27. The average molecular weight is 232 g/mol. The summed E-state index contributed by atoms with van der Waals surface area (Å²) < 4.78 is 1.22. The van der Waals surface area contributed by atoms with Crippen LogP contribution in [0.5, 0.6) is 0 Å². The number of hydrogen-bond donors (Lipinski definition) is 0. The van der Waals surface area contributed by atoms with E-state index in [1.807, 2.05) is 0 Å². The van der Waals surface area contributed by atoms with Gasteiger partial charge in [0.05, 0.1) is 20.1 Å². The summed E-state index contributed by atoms with van der Waals surface area (Å²) in [4.78, 5) is 0. The molecule has 92 valence electrons. The smallest absolute Gasteiger partial charge is 0.125 e. The minimum atomic E-state index is 1.22. The van der Waals surface area contributed by atoms with E-state index in [0.29, 0.717) is 0 Å². The molecule has 0 aromatic heterocycles. The third-order valence-electron chi connectivity index (χ3n) is 3.32. The summed E-state index contributed by atoms with van der Waals surface area (Å²) in [6.45, 7) is 9.40. The molecule has 0 bridgehead atoms. The maximum absolute atomic E-state index is 2.37. The van der Waals surface area contributed by atoms with Crippen LogP contribution in [-0.2, 0) is 0 Å². The summed E-state index contributed by atoms with van der Waals surface area (Å²) >= 11 is 2.14. The first-order valence-corrected chi connectivity index (χ1v) is 7.75. The number of nitrogens with zero attached hydrogens (tertiary/aromatic N) is 1. The Kier molecular flexibility index (Phi) is 9.73. The molecular weight excluding hydrogens is 202 g/mol. The van der Waals surface area contributed by atoms with Gasteiger partial charge >= 0.3 is 0 Å². The zero-order valence-electron chi connectivity index (χ0n) is 11.2.